The largest absolute Gasteiger partial charge is 0.487 e. The molecule has 43 heavy (non-hydrogen) atoms. The maximum absolute atomic E-state index is 14.2. The zero-order valence-electron chi connectivity index (χ0n) is 23.9. The van der Waals surface area contributed by atoms with Crippen LogP contribution in [-0.2, 0) is 40.6 Å². The Morgan fingerprint density at radius 2 is 1.98 bits per heavy atom. The van der Waals surface area contributed by atoms with Gasteiger partial charge in [0.1, 0.15) is 18.1 Å². The van der Waals surface area contributed by atoms with E-state index in [9.17, 15) is 32.7 Å². The number of ether oxygens (including phenoxy) is 1. The molecule has 10 nitrogen and oxygen atoms in total. The molecule has 2 aliphatic heterocycles. The molecule has 2 aliphatic carbocycles. The molecule has 3 heterocycles. The summed E-state index contributed by atoms with van der Waals surface area (Å²) < 4.78 is 47.7. The number of fused-ring (bicyclic) bond motifs is 1. The second-order valence-corrected chi connectivity index (χ2v) is 13.1. The maximum atomic E-state index is 14.2. The number of benzene rings is 1. The molecule has 1 N–H and O–H groups in total. The molecule has 3 fully saturated rings. The first-order valence-electron chi connectivity index (χ1n) is 14.5. The number of alkyl halides is 3. The number of amides is 2. The molecule has 4 aliphatic rings. The zero-order valence-corrected chi connectivity index (χ0v) is 24.7. The third kappa shape index (κ3) is 5.12. The highest BCUT2D eigenvalue weighted by Gasteiger charge is 2.54. The van der Waals surface area contributed by atoms with Crippen molar-refractivity contribution in [3.05, 3.63) is 39.7 Å². The normalized spacial score (nSPS) is 26.2. The molecule has 2 aromatic rings. The van der Waals surface area contributed by atoms with Gasteiger partial charge in [0.05, 0.1) is 17.4 Å². The first-order chi connectivity index (χ1) is 20.2. The molecule has 1 saturated heterocycles. The number of aliphatic carboxylic acids is 1. The summed E-state index contributed by atoms with van der Waals surface area (Å²) in [6.07, 6.45) is -0.616. The van der Waals surface area contributed by atoms with Gasteiger partial charge in [0, 0.05) is 43.7 Å². The van der Waals surface area contributed by atoms with Gasteiger partial charge in [-0.25, -0.2) is 4.68 Å². The quantitative estimate of drug-likeness (QED) is 0.486. The van der Waals surface area contributed by atoms with Crippen LogP contribution in [0.2, 0.25) is 5.02 Å². The second-order valence-electron chi connectivity index (χ2n) is 12.6. The average Bonchev–Trinajstić information content (AvgIpc) is 3.23. The Morgan fingerprint density at radius 1 is 1.23 bits per heavy atom. The van der Waals surface area contributed by atoms with Crippen LogP contribution in [0.3, 0.4) is 0 Å². The smallest absolute Gasteiger partial charge is 0.435 e. The molecule has 0 radical (unpaired) electrons. The van der Waals surface area contributed by atoms with Crippen molar-refractivity contribution in [1.82, 2.24) is 24.8 Å². The van der Waals surface area contributed by atoms with Crippen LogP contribution in [0.25, 0.3) is 0 Å². The van der Waals surface area contributed by atoms with Gasteiger partial charge in [-0.2, -0.15) is 13.2 Å². The summed E-state index contributed by atoms with van der Waals surface area (Å²) in [5.41, 5.74) is -1.49. The molecular weight excluding hydrogens is 591 g/mol. The molecule has 1 spiro atoms. The molecule has 0 unspecified atom stereocenters. The minimum absolute atomic E-state index is 0.0212. The first-order valence-corrected chi connectivity index (χ1v) is 14.8. The molecule has 14 heteroatoms. The van der Waals surface area contributed by atoms with E-state index in [0.717, 1.165) is 19.9 Å². The Balaban J connectivity index is 1.38. The minimum Gasteiger partial charge on any atom is -0.487 e. The fourth-order valence-corrected chi connectivity index (χ4v) is 7.50. The fourth-order valence-electron chi connectivity index (χ4n) is 7.24. The number of rotatable bonds is 7. The second kappa shape index (κ2) is 10.4. The Bertz CT molecular complexity index is 1490. The molecular formula is C29H33ClF3N5O5. The van der Waals surface area contributed by atoms with E-state index in [1.807, 2.05) is 0 Å². The van der Waals surface area contributed by atoms with Gasteiger partial charge in [-0.05, 0) is 62.1 Å². The molecule has 2 saturated carbocycles. The van der Waals surface area contributed by atoms with Crippen LogP contribution < -0.4 is 4.74 Å². The van der Waals surface area contributed by atoms with Crippen molar-refractivity contribution in [3.8, 4) is 5.75 Å². The van der Waals surface area contributed by atoms with E-state index in [2.05, 4.69) is 10.3 Å². The van der Waals surface area contributed by atoms with Gasteiger partial charge in [0.25, 0.3) is 0 Å². The van der Waals surface area contributed by atoms with E-state index in [0.29, 0.717) is 59.5 Å². The van der Waals surface area contributed by atoms with Crippen molar-refractivity contribution in [3.63, 3.8) is 0 Å². The van der Waals surface area contributed by atoms with Crippen LogP contribution in [0.4, 0.5) is 13.2 Å². The lowest BCUT2D eigenvalue weighted by Crippen LogP contribution is -2.50. The number of halogens is 4. The Morgan fingerprint density at radius 3 is 2.63 bits per heavy atom. The highest BCUT2D eigenvalue weighted by molar-refractivity contribution is 6.31. The number of aromatic nitrogens is 3. The van der Waals surface area contributed by atoms with Crippen LogP contribution in [0.1, 0.15) is 74.0 Å². The summed E-state index contributed by atoms with van der Waals surface area (Å²) in [4.78, 5) is 43.0. The number of hydrogen-bond donors (Lipinski definition) is 1. The van der Waals surface area contributed by atoms with Crippen molar-refractivity contribution in [1.29, 1.82) is 0 Å². The standard InChI is InChI=1S/C29H33ClF3N5O5/c1-27(26(41)42)8-3-4-17(27)25(40)38-11-7-16-18(30)5-6-21(43-14-19-24(29(31,32)33)36(2)35-34-19)23(16)20(38)13-37-15-28(9-10-28)12-22(37)39/h5-6,17,20H,3-4,7-15H2,1-2H3,(H,41,42)/t17-,20+,27-/m0/s1. The molecule has 3 atom stereocenters. The van der Waals surface area contributed by atoms with E-state index in [1.165, 1.54) is 0 Å². The van der Waals surface area contributed by atoms with Crippen LogP contribution >= 0.6 is 11.6 Å². The van der Waals surface area contributed by atoms with Gasteiger partial charge >= 0.3 is 12.1 Å². The van der Waals surface area contributed by atoms with Crippen LogP contribution in [0.15, 0.2) is 12.1 Å². The number of aryl methyl sites for hydroxylation is 1. The molecule has 2 amide bonds. The molecule has 6 rings (SSSR count). The first kappa shape index (κ1) is 29.7. The third-order valence-electron chi connectivity index (χ3n) is 9.88. The number of carbonyl (C=O) groups is 3. The van der Waals surface area contributed by atoms with E-state index < -0.39 is 47.5 Å². The van der Waals surface area contributed by atoms with Crippen LogP contribution in [0, 0.1) is 16.7 Å². The highest BCUT2D eigenvalue weighted by atomic mass is 35.5. The molecule has 0 bridgehead atoms. The summed E-state index contributed by atoms with van der Waals surface area (Å²) in [5, 5.41) is 17.6. The van der Waals surface area contributed by atoms with E-state index in [4.69, 9.17) is 16.3 Å². The number of hydrogen-bond acceptors (Lipinski definition) is 6. The Labute approximate surface area is 251 Å². The summed E-state index contributed by atoms with van der Waals surface area (Å²) in [6, 6.07) is 2.42. The van der Waals surface area contributed by atoms with E-state index in [1.54, 1.807) is 28.9 Å². The van der Waals surface area contributed by atoms with Crippen LogP contribution in [-0.4, -0.2) is 67.3 Å². The van der Waals surface area contributed by atoms with E-state index >= 15 is 0 Å². The van der Waals surface area contributed by atoms with Gasteiger partial charge in [0.2, 0.25) is 11.8 Å². The van der Waals surface area contributed by atoms with Gasteiger partial charge < -0.3 is 19.6 Å². The van der Waals surface area contributed by atoms with Crippen molar-refractivity contribution in [2.45, 2.75) is 70.7 Å². The zero-order chi connectivity index (χ0) is 30.9. The van der Waals surface area contributed by atoms with Crippen molar-refractivity contribution in [2.75, 3.05) is 19.6 Å². The molecule has 1 aromatic heterocycles. The van der Waals surface area contributed by atoms with Gasteiger partial charge in [-0.15, -0.1) is 5.10 Å². The number of carboxylic acid groups (broad SMARTS) is 1. The summed E-state index contributed by atoms with van der Waals surface area (Å²) >= 11 is 6.64. The number of likely N-dealkylation sites (tertiary alicyclic amines) is 1. The number of carboxylic acids is 1. The maximum Gasteiger partial charge on any atom is 0.435 e. The lowest BCUT2D eigenvalue weighted by atomic mass is 9.78. The lowest BCUT2D eigenvalue weighted by molar-refractivity contribution is -0.157. The van der Waals surface area contributed by atoms with Crippen LogP contribution in [0.5, 0.6) is 5.75 Å². The summed E-state index contributed by atoms with van der Waals surface area (Å²) in [5.74, 6) is -1.90. The summed E-state index contributed by atoms with van der Waals surface area (Å²) in [7, 11) is 1.15. The monoisotopic (exact) mass is 623 g/mol. The average molecular weight is 624 g/mol. The Hall–Kier alpha value is -3.35. The predicted octanol–water partition coefficient (Wildman–Crippen LogP) is 4.40. The molecule has 1 aromatic carbocycles. The molecule has 232 valence electrons. The van der Waals surface area contributed by atoms with Gasteiger partial charge in [-0.1, -0.05) is 23.2 Å². The predicted molar refractivity (Wildman–Crippen MR) is 146 cm³/mol. The van der Waals surface area contributed by atoms with Crippen molar-refractivity contribution < 1.29 is 37.4 Å². The highest BCUT2D eigenvalue weighted by Crippen LogP contribution is 2.54. The SMILES string of the molecule is Cn1nnc(COc2ccc(Cl)c3c2[C@@H](CN2CC4(CC4)CC2=O)N(C(=O)[C@@H]2CCC[C@]2(C)C(=O)O)CC3)c1C(F)(F)F. The topological polar surface area (TPSA) is 118 Å². The minimum atomic E-state index is -4.70. The Kier molecular flexibility index (Phi) is 7.17. The van der Waals surface area contributed by atoms with Gasteiger partial charge in [0.15, 0.2) is 5.69 Å². The number of nitrogens with zero attached hydrogens (tertiary/aromatic N) is 5. The van der Waals surface area contributed by atoms with E-state index in [-0.39, 0.29) is 36.1 Å². The van der Waals surface area contributed by atoms with Crippen molar-refractivity contribution >= 4 is 29.4 Å². The third-order valence-corrected chi connectivity index (χ3v) is 10.2. The lowest BCUT2D eigenvalue weighted by Gasteiger charge is -2.42. The number of carbonyl (C=O) groups excluding carboxylic acids is 2. The fraction of sp³-hybridized carbons (Fsp3) is 0.621. The van der Waals surface area contributed by atoms with Crippen molar-refractivity contribution in [2.24, 2.45) is 23.8 Å². The summed E-state index contributed by atoms with van der Waals surface area (Å²) in [6.45, 7) is 2.01. The van der Waals surface area contributed by atoms with Gasteiger partial charge in [-0.3, -0.25) is 14.4 Å².